The Bertz CT molecular complexity index is 1650. The number of allylic oxidation sites excluding steroid dienone is 1. The van der Waals surface area contributed by atoms with Crippen LogP contribution in [0, 0.1) is 0 Å². The molecule has 0 spiro atoms. The Morgan fingerprint density at radius 3 is 2.45 bits per heavy atom. The van der Waals surface area contributed by atoms with Crippen LogP contribution in [0.15, 0.2) is 57.5 Å². The van der Waals surface area contributed by atoms with E-state index in [1.165, 1.54) is 11.3 Å². The molecule has 1 aliphatic rings. The predicted octanol–water partition coefficient (Wildman–Crippen LogP) is 4.78. The van der Waals surface area contributed by atoms with Crippen molar-refractivity contribution in [2.24, 2.45) is 4.99 Å². The first-order valence-corrected chi connectivity index (χ1v) is 15.0. The maximum Gasteiger partial charge on any atom is 0.338 e. The van der Waals surface area contributed by atoms with Gasteiger partial charge in [0.15, 0.2) is 27.8 Å². The molecule has 2 heterocycles. The van der Waals surface area contributed by atoms with Gasteiger partial charge >= 0.3 is 5.97 Å². The molecular formula is C32H38N2O7S. The van der Waals surface area contributed by atoms with Gasteiger partial charge in [-0.3, -0.25) is 9.36 Å². The van der Waals surface area contributed by atoms with E-state index in [1.54, 1.807) is 43.7 Å². The van der Waals surface area contributed by atoms with Crippen LogP contribution >= 0.6 is 11.3 Å². The lowest BCUT2D eigenvalue weighted by Crippen LogP contribution is -2.40. The van der Waals surface area contributed by atoms with Crippen molar-refractivity contribution < 1.29 is 28.5 Å². The number of carbonyl (C=O) groups is 1. The molecule has 0 fully saturated rings. The molecule has 0 amide bonds. The zero-order chi connectivity index (χ0) is 30.4. The molecule has 4 rings (SSSR count). The minimum atomic E-state index is -0.770. The molecule has 0 saturated heterocycles. The summed E-state index contributed by atoms with van der Waals surface area (Å²) in [5.74, 6) is 1.81. The summed E-state index contributed by atoms with van der Waals surface area (Å²) in [5.41, 5.74) is 1.96. The smallest absolute Gasteiger partial charge is 0.338 e. The molecule has 0 unspecified atom stereocenters. The highest BCUT2D eigenvalue weighted by atomic mass is 32.1. The van der Waals surface area contributed by atoms with Crippen LogP contribution in [0.2, 0.25) is 0 Å². The molecule has 2 aromatic carbocycles. The largest absolute Gasteiger partial charge is 0.493 e. The summed E-state index contributed by atoms with van der Waals surface area (Å²) in [4.78, 5) is 32.4. The van der Waals surface area contributed by atoms with Crippen LogP contribution in [-0.4, -0.2) is 43.6 Å². The van der Waals surface area contributed by atoms with Gasteiger partial charge in [-0.1, -0.05) is 30.4 Å². The molecule has 0 N–H and O–H groups in total. The molecule has 224 valence electrons. The average Bonchev–Trinajstić information content (AvgIpc) is 3.26. The Morgan fingerprint density at radius 2 is 1.79 bits per heavy atom. The fourth-order valence-electron chi connectivity index (χ4n) is 4.68. The van der Waals surface area contributed by atoms with E-state index in [0.717, 1.165) is 12.0 Å². The Kier molecular flexibility index (Phi) is 10.1. The SMILES string of the molecule is CCCOc1ccc(/C=c2\sc3n(c2=O)[C@H](c2ccc(OC(C)C)c(OC)c2)C(C(=O)OCC)=C(C)N=3)cc1OCC. The van der Waals surface area contributed by atoms with Crippen molar-refractivity contribution >= 4 is 23.4 Å². The molecule has 0 bridgehead atoms. The van der Waals surface area contributed by atoms with Crippen molar-refractivity contribution in [1.29, 1.82) is 0 Å². The van der Waals surface area contributed by atoms with E-state index in [-0.39, 0.29) is 18.3 Å². The van der Waals surface area contributed by atoms with Gasteiger partial charge in [-0.2, -0.15) is 0 Å². The molecule has 42 heavy (non-hydrogen) atoms. The number of fused-ring (bicyclic) bond motifs is 1. The number of methoxy groups -OCH3 is 1. The predicted molar refractivity (Wildman–Crippen MR) is 163 cm³/mol. The fourth-order valence-corrected chi connectivity index (χ4v) is 5.72. The van der Waals surface area contributed by atoms with Crippen LogP contribution in [0.4, 0.5) is 0 Å². The lowest BCUT2D eigenvalue weighted by atomic mass is 9.95. The van der Waals surface area contributed by atoms with Crippen molar-refractivity contribution in [2.45, 2.75) is 60.1 Å². The molecule has 1 aliphatic heterocycles. The van der Waals surface area contributed by atoms with Crippen molar-refractivity contribution in [3.63, 3.8) is 0 Å². The van der Waals surface area contributed by atoms with Gasteiger partial charge in [0.1, 0.15) is 0 Å². The number of ether oxygens (including phenoxy) is 5. The Hall–Kier alpha value is -4.05. The number of thiazole rings is 1. The molecule has 9 nitrogen and oxygen atoms in total. The van der Waals surface area contributed by atoms with E-state index in [0.29, 0.717) is 62.4 Å². The fraction of sp³-hybridized carbons (Fsp3) is 0.406. The lowest BCUT2D eigenvalue weighted by molar-refractivity contribution is -0.139. The van der Waals surface area contributed by atoms with Gasteiger partial charge in [0.05, 0.1) is 54.9 Å². The number of benzene rings is 2. The zero-order valence-corrected chi connectivity index (χ0v) is 26.0. The molecule has 10 heteroatoms. The molecule has 0 radical (unpaired) electrons. The van der Waals surface area contributed by atoms with Crippen LogP contribution in [0.1, 0.15) is 65.1 Å². The van der Waals surface area contributed by atoms with E-state index < -0.39 is 12.0 Å². The summed E-state index contributed by atoms with van der Waals surface area (Å²) in [6.45, 7) is 12.6. The number of hydrogen-bond donors (Lipinski definition) is 0. The minimum Gasteiger partial charge on any atom is -0.493 e. The average molecular weight is 595 g/mol. The van der Waals surface area contributed by atoms with Gasteiger partial charge in [0, 0.05) is 0 Å². The first-order chi connectivity index (χ1) is 20.2. The van der Waals surface area contributed by atoms with Crippen molar-refractivity contribution in [1.82, 2.24) is 4.57 Å². The maximum absolute atomic E-state index is 14.0. The molecule has 3 aromatic rings. The van der Waals surface area contributed by atoms with Gasteiger partial charge < -0.3 is 23.7 Å². The molecule has 1 aromatic heterocycles. The van der Waals surface area contributed by atoms with Crippen molar-refractivity contribution in [2.75, 3.05) is 26.9 Å². The van der Waals surface area contributed by atoms with Gasteiger partial charge in [-0.25, -0.2) is 9.79 Å². The number of carbonyl (C=O) groups excluding carboxylic acids is 1. The topological polar surface area (TPSA) is 97.6 Å². The summed E-state index contributed by atoms with van der Waals surface area (Å²) >= 11 is 1.26. The van der Waals surface area contributed by atoms with Gasteiger partial charge in [-0.15, -0.1) is 0 Å². The van der Waals surface area contributed by atoms with E-state index in [4.69, 9.17) is 23.7 Å². The Balaban J connectivity index is 1.88. The van der Waals surface area contributed by atoms with Gasteiger partial charge in [-0.05, 0) is 82.5 Å². The highest BCUT2D eigenvalue weighted by Gasteiger charge is 2.34. The van der Waals surface area contributed by atoms with Crippen molar-refractivity contribution in [3.05, 3.63) is 78.5 Å². The molecule has 0 aliphatic carbocycles. The van der Waals surface area contributed by atoms with E-state index >= 15 is 0 Å². The van der Waals surface area contributed by atoms with Crippen LogP contribution < -0.4 is 33.8 Å². The Morgan fingerprint density at radius 1 is 1.02 bits per heavy atom. The zero-order valence-electron chi connectivity index (χ0n) is 25.2. The van der Waals surface area contributed by atoms with E-state index in [9.17, 15) is 9.59 Å². The number of aromatic nitrogens is 1. The lowest BCUT2D eigenvalue weighted by Gasteiger charge is -2.25. The normalized spacial score (nSPS) is 14.9. The maximum atomic E-state index is 14.0. The third kappa shape index (κ3) is 6.54. The van der Waals surface area contributed by atoms with E-state index in [2.05, 4.69) is 4.99 Å². The summed E-state index contributed by atoms with van der Waals surface area (Å²) in [5, 5.41) is 0. The van der Waals surface area contributed by atoms with Gasteiger partial charge in [0.25, 0.3) is 5.56 Å². The first-order valence-electron chi connectivity index (χ1n) is 14.2. The number of esters is 1. The van der Waals surface area contributed by atoms with Crippen LogP contribution in [0.3, 0.4) is 0 Å². The minimum absolute atomic E-state index is 0.0600. The third-order valence-electron chi connectivity index (χ3n) is 6.41. The number of rotatable bonds is 12. The van der Waals surface area contributed by atoms with E-state index in [1.807, 2.05) is 52.0 Å². The van der Waals surface area contributed by atoms with Crippen LogP contribution in [0.25, 0.3) is 6.08 Å². The first kappa shape index (κ1) is 30.9. The summed E-state index contributed by atoms with van der Waals surface area (Å²) < 4.78 is 30.6. The van der Waals surface area contributed by atoms with Crippen LogP contribution in [0.5, 0.6) is 23.0 Å². The standard InChI is InChI=1S/C32H38N2O7S/c1-8-15-40-23-13-11-21(16-26(23)38-9-2)17-27-30(35)34-29(22-12-14-24(41-19(4)5)25(18-22)37-7)28(31(36)39-10-3)20(6)33-32(34)42-27/h11-14,16-19,29H,8-10,15H2,1-7H3/b27-17-/t29-/m1/s1. The third-order valence-corrected chi connectivity index (χ3v) is 7.39. The highest BCUT2D eigenvalue weighted by Crippen LogP contribution is 2.36. The second kappa shape index (κ2) is 13.7. The highest BCUT2D eigenvalue weighted by molar-refractivity contribution is 7.07. The van der Waals surface area contributed by atoms with Gasteiger partial charge in [0.2, 0.25) is 0 Å². The molecule has 0 saturated carbocycles. The molecule has 1 atom stereocenters. The summed E-state index contributed by atoms with van der Waals surface area (Å²) in [6.07, 6.45) is 2.62. The summed E-state index contributed by atoms with van der Waals surface area (Å²) in [6, 6.07) is 10.2. The quantitative estimate of drug-likeness (QED) is 0.279. The monoisotopic (exact) mass is 594 g/mol. The number of hydrogen-bond acceptors (Lipinski definition) is 9. The summed E-state index contributed by atoms with van der Waals surface area (Å²) in [7, 11) is 1.56. The second-order valence-electron chi connectivity index (χ2n) is 9.87. The Labute approximate surface area is 249 Å². The second-order valence-corrected chi connectivity index (χ2v) is 10.9. The number of nitrogens with zero attached hydrogens (tertiary/aromatic N) is 2. The van der Waals surface area contributed by atoms with Crippen LogP contribution in [-0.2, 0) is 9.53 Å². The molecular weight excluding hydrogens is 556 g/mol. The van der Waals surface area contributed by atoms with Crippen molar-refractivity contribution in [3.8, 4) is 23.0 Å².